The van der Waals surface area contributed by atoms with Crippen LogP contribution in [0, 0.1) is 28.1 Å². The molecule has 2 spiro atoms. The first-order chi connectivity index (χ1) is 17.8. The highest BCUT2D eigenvalue weighted by molar-refractivity contribution is 5.94. The van der Waals surface area contributed by atoms with Gasteiger partial charge in [-0.05, 0) is 17.9 Å². The number of carbonyl (C=O) groups is 3. The van der Waals surface area contributed by atoms with Crippen molar-refractivity contribution >= 4 is 17.9 Å². The number of benzene rings is 1. The molecule has 3 N–H and O–H groups in total. The van der Waals surface area contributed by atoms with Gasteiger partial charge in [-0.2, -0.15) is 0 Å². The fourth-order valence-corrected chi connectivity index (χ4v) is 9.20. The van der Waals surface area contributed by atoms with Gasteiger partial charge in [0.2, 0.25) is 11.9 Å². The SMILES string of the molecule is C[C@@H]1C(=O)O[C@H]2[C@H](O)C34C5OC(=O)[C@@]3(OC3OC(=O)[C@H](OCc6ccccc6)C34[C@H](C(C)(C)C)[C@H]5O)[C@@]12O. The maximum Gasteiger partial charge on any atom is 0.343 e. The second kappa shape index (κ2) is 6.95. The van der Waals surface area contributed by atoms with Crippen LogP contribution in [0.3, 0.4) is 0 Å². The second-order valence-corrected chi connectivity index (χ2v) is 12.6. The molecule has 4 saturated heterocycles. The molecule has 0 bridgehead atoms. The molecule has 11 heteroatoms. The van der Waals surface area contributed by atoms with Gasteiger partial charge in [-0.3, -0.25) is 4.79 Å². The molecule has 12 atom stereocenters. The number of ether oxygens (including phenoxy) is 5. The molecular formula is C27H30O11. The van der Waals surface area contributed by atoms with Gasteiger partial charge in [0.25, 0.3) is 0 Å². The number of carbonyl (C=O) groups excluding carboxylic acids is 3. The minimum atomic E-state index is -2.36. The summed E-state index contributed by atoms with van der Waals surface area (Å²) in [5.41, 5.74) is -8.32. The van der Waals surface area contributed by atoms with Gasteiger partial charge < -0.3 is 39.0 Å². The first-order valence-electron chi connectivity index (χ1n) is 12.9. The van der Waals surface area contributed by atoms with Crippen molar-refractivity contribution in [2.24, 2.45) is 28.1 Å². The average molecular weight is 531 g/mol. The van der Waals surface area contributed by atoms with Crippen LogP contribution in [0.25, 0.3) is 0 Å². The molecule has 4 aliphatic heterocycles. The lowest BCUT2D eigenvalue weighted by atomic mass is 9.51. The lowest BCUT2D eigenvalue weighted by Crippen LogP contribution is -2.67. The zero-order valence-corrected chi connectivity index (χ0v) is 21.3. The first-order valence-corrected chi connectivity index (χ1v) is 12.9. The van der Waals surface area contributed by atoms with Crippen molar-refractivity contribution in [2.75, 3.05) is 0 Å². The van der Waals surface area contributed by atoms with E-state index in [4.69, 9.17) is 23.7 Å². The highest BCUT2D eigenvalue weighted by atomic mass is 16.8. The van der Waals surface area contributed by atoms with Gasteiger partial charge in [0.1, 0.15) is 12.2 Å². The molecule has 2 saturated carbocycles. The van der Waals surface area contributed by atoms with E-state index in [2.05, 4.69) is 0 Å². The first kappa shape index (κ1) is 24.5. The maximum atomic E-state index is 13.8. The zero-order valence-electron chi connectivity index (χ0n) is 21.3. The van der Waals surface area contributed by atoms with Crippen molar-refractivity contribution < 1.29 is 53.4 Å². The van der Waals surface area contributed by atoms with Crippen LogP contribution in [0.4, 0.5) is 0 Å². The summed E-state index contributed by atoms with van der Waals surface area (Å²) >= 11 is 0. The minimum Gasteiger partial charge on any atom is -0.456 e. The topological polar surface area (TPSA) is 158 Å². The minimum absolute atomic E-state index is 0.0141. The van der Waals surface area contributed by atoms with E-state index in [0.717, 1.165) is 5.56 Å². The van der Waals surface area contributed by atoms with E-state index in [1.54, 1.807) is 0 Å². The summed E-state index contributed by atoms with van der Waals surface area (Å²) in [4.78, 5) is 40.0. The van der Waals surface area contributed by atoms with Crippen LogP contribution in [0.5, 0.6) is 0 Å². The standard InChI is InChI=1S/C27H30O11/c1-11-19(30)35-17-15(29)25-16-13(28)14(23(2,3)4)24(25)18(34-10-12-8-6-5-7-9-12)20(31)37-22(24)38-27(25,21(32)36-16)26(11,17)33/h5-9,11,13-18,22,28-29,33H,10H2,1-4H3/t11-,13-,14+,15+,16?,17+,18+,22?,24?,25?,26-,27+/m1/s1. The summed E-state index contributed by atoms with van der Waals surface area (Å²) in [6.45, 7) is 6.92. The van der Waals surface area contributed by atoms with E-state index < -0.39 is 94.0 Å². The molecule has 204 valence electrons. The lowest BCUT2D eigenvalue weighted by molar-refractivity contribution is -0.240. The molecule has 4 unspecified atom stereocenters. The van der Waals surface area contributed by atoms with E-state index in [-0.39, 0.29) is 6.61 Å². The Labute approximate surface area is 217 Å². The fraction of sp³-hybridized carbons (Fsp3) is 0.667. The fourth-order valence-electron chi connectivity index (χ4n) is 9.20. The van der Waals surface area contributed by atoms with Gasteiger partial charge in [0, 0.05) is 5.92 Å². The van der Waals surface area contributed by atoms with Crippen LogP contribution < -0.4 is 0 Å². The number of hydrogen-bond donors (Lipinski definition) is 3. The van der Waals surface area contributed by atoms with Crippen LogP contribution in [0.2, 0.25) is 0 Å². The molecule has 6 aliphatic rings. The van der Waals surface area contributed by atoms with Crippen molar-refractivity contribution in [3.63, 3.8) is 0 Å². The summed E-state index contributed by atoms with van der Waals surface area (Å²) in [6.07, 6.45) is -8.97. The Balaban J connectivity index is 1.50. The number of rotatable bonds is 3. The number of hydrogen-bond acceptors (Lipinski definition) is 11. The van der Waals surface area contributed by atoms with Crippen LogP contribution in [-0.2, 0) is 44.7 Å². The number of fused-ring (bicyclic) bond motifs is 1. The molecule has 1 aromatic rings. The second-order valence-electron chi connectivity index (χ2n) is 12.6. The summed E-state index contributed by atoms with van der Waals surface area (Å²) in [6, 6.07) is 9.11. The Morgan fingerprint density at radius 1 is 0.974 bits per heavy atom. The predicted octanol–water partition coefficient (Wildman–Crippen LogP) is -0.174. The van der Waals surface area contributed by atoms with E-state index in [1.165, 1.54) is 6.92 Å². The molecule has 7 rings (SSSR count). The Kier molecular flexibility index (Phi) is 4.47. The molecule has 1 aromatic carbocycles. The smallest absolute Gasteiger partial charge is 0.343 e. The Bertz CT molecular complexity index is 1260. The third-order valence-corrected chi connectivity index (χ3v) is 10.2. The van der Waals surface area contributed by atoms with Gasteiger partial charge >= 0.3 is 17.9 Å². The van der Waals surface area contributed by atoms with Crippen molar-refractivity contribution in [1.29, 1.82) is 0 Å². The quantitative estimate of drug-likeness (QED) is 0.352. The lowest BCUT2D eigenvalue weighted by Gasteiger charge is -2.48. The molecule has 38 heavy (non-hydrogen) atoms. The number of aliphatic hydroxyl groups is 3. The van der Waals surface area contributed by atoms with Crippen molar-refractivity contribution in [2.45, 2.75) is 82.3 Å². The van der Waals surface area contributed by atoms with Gasteiger partial charge in [-0.1, -0.05) is 51.1 Å². The highest BCUT2D eigenvalue weighted by Crippen LogP contribution is 2.84. The largest absolute Gasteiger partial charge is 0.456 e. The molecule has 4 heterocycles. The van der Waals surface area contributed by atoms with Crippen LogP contribution in [-0.4, -0.2) is 81.2 Å². The van der Waals surface area contributed by atoms with Gasteiger partial charge in [-0.15, -0.1) is 0 Å². The normalized spacial score (nSPS) is 51.8. The predicted molar refractivity (Wildman–Crippen MR) is 122 cm³/mol. The Morgan fingerprint density at radius 3 is 2.32 bits per heavy atom. The Morgan fingerprint density at radius 2 is 1.66 bits per heavy atom. The molecule has 11 nitrogen and oxygen atoms in total. The molecule has 2 aliphatic carbocycles. The average Bonchev–Trinajstić information content (AvgIpc) is 3.55. The van der Waals surface area contributed by atoms with E-state index in [9.17, 15) is 29.7 Å². The molecular weight excluding hydrogens is 500 g/mol. The monoisotopic (exact) mass is 530 g/mol. The van der Waals surface area contributed by atoms with Crippen LogP contribution in [0.15, 0.2) is 30.3 Å². The van der Waals surface area contributed by atoms with Crippen molar-refractivity contribution in [3.8, 4) is 0 Å². The summed E-state index contributed by atoms with van der Waals surface area (Å²) in [5.74, 6) is -4.79. The summed E-state index contributed by atoms with van der Waals surface area (Å²) in [7, 11) is 0. The van der Waals surface area contributed by atoms with Crippen LogP contribution >= 0.6 is 0 Å². The van der Waals surface area contributed by atoms with E-state index in [0.29, 0.717) is 0 Å². The molecule has 0 radical (unpaired) electrons. The maximum absolute atomic E-state index is 13.8. The van der Waals surface area contributed by atoms with E-state index >= 15 is 0 Å². The summed E-state index contributed by atoms with van der Waals surface area (Å²) < 4.78 is 29.6. The summed E-state index contributed by atoms with van der Waals surface area (Å²) in [5, 5.41) is 36.1. The zero-order chi connectivity index (χ0) is 27.2. The van der Waals surface area contributed by atoms with Crippen molar-refractivity contribution in [1.82, 2.24) is 0 Å². The molecule has 6 fully saturated rings. The third kappa shape index (κ3) is 2.13. The molecule has 0 amide bonds. The van der Waals surface area contributed by atoms with Gasteiger partial charge in [-0.25, -0.2) is 9.59 Å². The Hall–Kier alpha value is -2.57. The van der Waals surface area contributed by atoms with E-state index in [1.807, 2.05) is 51.1 Å². The molecule has 0 aromatic heterocycles. The van der Waals surface area contributed by atoms with Gasteiger partial charge in [0.05, 0.1) is 29.5 Å². The van der Waals surface area contributed by atoms with Crippen molar-refractivity contribution in [3.05, 3.63) is 35.9 Å². The van der Waals surface area contributed by atoms with Gasteiger partial charge in [0.15, 0.2) is 17.8 Å². The number of aliphatic hydroxyl groups excluding tert-OH is 2. The van der Waals surface area contributed by atoms with Crippen LogP contribution in [0.1, 0.15) is 33.3 Å². The third-order valence-electron chi connectivity index (χ3n) is 10.2. The number of esters is 3. The highest BCUT2D eigenvalue weighted by Gasteiger charge is 3.05.